The van der Waals surface area contributed by atoms with Crippen molar-refractivity contribution < 1.29 is 23.4 Å². The molecule has 0 aliphatic carbocycles. The van der Waals surface area contributed by atoms with Gasteiger partial charge in [0.2, 0.25) is 0 Å². The zero-order chi connectivity index (χ0) is 19.1. The van der Waals surface area contributed by atoms with Crippen LogP contribution in [0.5, 0.6) is 17.2 Å². The van der Waals surface area contributed by atoms with Crippen LogP contribution in [0.2, 0.25) is 0 Å². The molecule has 0 bridgehead atoms. The highest BCUT2D eigenvalue weighted by molar-refractivity contribution is 5.81. The van der Waals surface area contributed by atoms with Gasteiger partial charge in [0.15, 0.2) is 17.7 Å². The molecule has 0 aromatic heterocycles. The normalized spacial score (nSPS) is 12.8. The Bertz CT molecular complexity index is 750. The van der Waals surface area contributed by atoms with Crippen LogP contribution in [0.15, 0.2) is 42.5 Å². The first-order valence-corrected chi connectivity index (χ1v) is 8.43. The molecule has 0 heterocycles. The van der Waals surface area contributed by atoms with Crippen LogP contribution in [-0.2, 0) is 4.79 Å². The number of hydrogen-bond donors (Lipinski definition) is 1. The molecule has 0 unspecified atom stereocenters. The highest BCUT2D eigenvalue weighted by atomic mass is 19.1. The summed E-state index contributed by atoms with van der Waals surface area (Å²) in [5.74, 6) is 0.536. The van der Waals surface area contributed by atoms with Gasteiger partial charge in [-0.2, -0.15) is 0 Å². The van der Waals surface area contributed by atoms with E-state index >= 15 is 0 Å². The van der Waals surface area contributed by atoms with Crippen molar-refractivity contribution in [1.29, 1.82) is 0 Å². The summed E-state index contributed by atoms with van der Waals surface area (Å²) in [7, 11) is 3.14. The monoisotopic (exact) mass is 361 g/mol. The van der Waals surface area contributed by atoms with Gasteiger partial charge in [-0.3, -0.25) is 4.79 Å². The van der Waals surface area contributed by atoms with Crippen molar-refractivity contribution >= 4 is 5.91 Å². The fraction of sp³-hybridized carbons (Fsp3) is 0.350. The van der Waals surface area contributed by atoms with Crippen LogP contribution in [0.3, 0.4) is 0 Å². The van der Waals surface area contributed by atoms with Gasteiger partial charge in [0.25, 0.3) is 5.91 Å². The summed E-state index contributed by atoms with van der Waals surface area (Å²) in [4.78, 5) is 12.6. The molecule has 2 aromatic carbocycles. The van der Waals surface area contributed by atoms with Gasteiger partial charge in [0, 0.05) is 5.56 Å². The second-order valence-corrected chi connectivity index (χ2v) is 5.78. The van der Waals surface area contributed by atoms with Gasteiger partial charge in [0.05, 0.1) is 20.3 Å². The standard InChI is InChI=1S/C20H24FNO4/c1-5-17(26-19-9-7-6-8-16(19)21)20(23)22-13(2)15-12-14(24-3)10-11-18(15)25-4/h6-13,17H,5H2,1-4H3,(H,22,23)/t13-,17-/m1/s1. The lowest BCUT2D eigenvalue weighted by atomic mass is 10.1. The summed E-state index contributed by atoms with van der Waals surface area (Å²) < 4.78 is 29.9. The molecule has 0 saturated heterocycles. The van der Waals surface area contributed by atoms with Crippen molar-refractivity contribution in [1.82, 2.24) is 5.32 Å². The minimum atomic E-state index is -0.800. The third kappa shape index (κ3) is 4.65. The molecule has 1 N–H and O–H groups in total. The zero-order valence-electron chi connectivity index (χ0n) is 15.4. The van der Waals surface area contributed by atoms with Crippen molar-refractivity contribution in [2.75, 3.05) is 14.2 Å². The van der Waals surface area contributed by atoms with E-state index in [0.717, 1.165) is 5.56 Å². The first-order valence-electron chi connectivity index (χ1n) is 8.43. The predicted octanol–water partition coefficient (Wildman–Crippen LogP) is 3.88. The number of halogens is 1. The molecule has 2 rings (SSSR count). The molecule has 2 aromatic rings. The Morgan fingerprint density at radius 3 is 2.46 bits per heavy atom. The Labute approximate surface area is 153 Å². The molecular formula is C20H24FNO4. The lowest BCUT2D eigenvalue weighted by Crippen LogP contribution is -2.39. The van der Waals surface area contributed by atoms with E-state index in [0.29, 0.717) is 17.9 Å². The maximum absolute atomic E-state index is 13.8. The van der Waals surface area contributed by atoms with E-state index in [2.05, 4.69) is 5.32 Å². The Morgan fingerprint density at radius 2 is 1.85 bits per heavy atom. The predicted molar refractivity (Wildman–Crippen MR) is 97.2 cm³/mol. The molecule has 0 saturated carbocycles. The Kier molecular flexibility index (Phi) is 6.83. The summed E-state index contributed by atoms with van der Waals surface area (Å²) in [5.41, 5.74) is 0.779. The van der Waals surface area contributed by atoms with E-state index in [4.69, 9.17) is 14.2 Å². The number of methoxy groups -OCH3 is 2. The molecule has 2 atom stereocenters. The molecule has 0 spiro atoms. The van der Waals surface area contributed by atoms with Crippen LogP contribution in [0.4, 0.5) is 4.39 Å². The van der Waals surface area contributed by atoms with Crippen molar-refractivity contribution in [3.05, 3.63) is 53.8 Å². The molecule has 0 radical (unpaired) electrons. The fourth-order valence-corrected chi connectivity index (χ4v) is 2.58. The van der Waals surface area contributed by atoms with E-state index in [1.807, 2.05) is 19.9 Å². The van der Waals surface area contributed by atoms with Gasteiger partial charge in [-0.25, -0.2) is 4.39 Å². The average molecular weight is 361 g/mol. The highest BCUT2D eigenvalue weighted by Gasteiger charge is 2.23. The van der Waals surface area contributed by atoms with Gasteiger partial charge >= 0.3 is 0 Å². The SMILES string of the molecule is CC[C@@H](Oc1ccccc1F)C(=O)N[C@H](C)c1cc(OC)ccc1OC. The Balaban J connectivity index is 2.13. The highest BCUT2D eigenvalue weighted by Crippen LogP contribution is 2.29. The smallest absolute Gasteiger partial charge is 0.261 e. The van der Waals surface area contributed by atoms with Crippen molar-refractivity contribution in [2.45, 2.75) is 32.4 Å². The van der Waals surface area contributed by atoms with E-state index in [-0.39, 0.29) is 17.7 Å². The minimum absolute atomic E-state index is 0.0566. The number of ether oxygens (including phenoxy) is 3. The number of amides is 1. The quantitative estimate of drug-likeness (QED) is 0.775. The van der Waals surface area contributed by atoms with Crippen LogP contribution < -0.4 is 19.5 Å². The van der Waals surface area contributed by atoms with Gasteiger partial charge in [0.1, 0.15) is 11.5 Å². The van der Waals surface area contributed by atoms with Crippen LogP contribution in [-0.4, -0.2) is 26.2 Å². The summed E-state index contributed by atoms with van der Waals surface area (Å²) in [6, 6.07) is 11.1. The molecule has 5 nitrogen and oxygen atoms in total. The number of nitrogens with one attached hydrogen (secondary N) is 1. The van der Waals surface area contributed by atoms with Crippen molar-refractivity contribution in [2.24, 2.45) is 0 Å². The van der Waals surface area contributed by atoms with E-state index in [1.54, 1.807) is 38.5 Å². The number of carbonyl (C=O) groups excluding carboxylic acids is 1. The third-order valence-corrected chi connectivity index (χ3v) is 4.03. The summed E-state index contributed by atoms with van der Waals surface area (Å²) in [6.45, 7) is 3.65. The minimum Gasteiger partial charge on any atom is -0.497 e. The number of hydrogen-bond acceptors (Lipinski definition) is 4. The summed E-state index contributed by atoms with van der Waals surface area (Å²) in [5, 5.41) is 2.89. The second-order valence-electron chi connectivity index (χ2n) is 5.78. The number of para-hydroxylation sites is 1. The van der Waals surface area contributed by atoms with Gasteiger partial charge in [-0.15, -0.1) is 0 Å². The Hall–Kier alpha value is -2.76. The van der Waals surface area contributed by atoms with Crippen LogP contribution >= 0.6 is 0 Å². The van der Waals surface area contributed by atoms with Crippen molar-refractivity contribution in [3.8, 4) is 17.2 Å². The maximum Gasteiger partial charge on any atom is 0.261 e. The third-order valence-electron chi connectivity index (χ3n) is 4.03. The van der Waals surface area contributed by atoms with Gasteiger partial charge in [-0.1, -0.05) is 19.1 Å². The fourth-order valence-electron chi connectivity index (χ4n) is 2.58. The molecule has 1 amide bonds. The molecule has 0 aliphatic rings. The molecular weight excluding hydrogens is 337 g/mol. The first-order chi connectivity index (χ1) is 12.5. The zero-order valence-corrected chi connectivity index (χ0v) is 15.4. The van der Waals surface area contributed by atoms with E-state index in [1.165, 1.54) is 12.1 Å². The average Bonchev–Trinajstić information content (AvgIpc) is 2.66. The van der Waals surface area contributed by atoms with Gasteiger partial charge < -0.3 is 19.5 Å². The lowest BCUT2D eigenvalue weighted by molar-refractivity contribution is -0.128. The molecule has 6 heteroatoms. The first kappa shape index (κ1) is 19.6. The number of rotatable bonds is 8. The lowest BCUT2D eigenvalue weighted by Gasteiger charge is -2.22. The van der Waals surface area contributed by atoms with Crippen LogP contribution in [0, 0.1) is 5.82 Å². The number of carbonyl (C=O) groups is 1. The van der Waals surface area contributed by atoms with Gasteiger partial charge in [-0.05, 0) is 43.7 Å². The summed E-state index contributed by atoms with van der Waals surface area (Å²) >= 11 is 0. The summed E-state index contributed by atoms with van der Waals surface area (Å²) in [6.07, 6.45) is -0.395. The van der Waals surface area contributed by atoms with E-state index in [9.17, 15) is 9.18 Å². The second kappa shape index (κ2) is 9.08. The molecule has 0 aliphatic heterocycles. The maximum atomic E-state index is 13.8. The largest absolute Gasteiger partial charge is 0.497 e. The Morgan fingerprint density at radius 1 is 1.12 bits per heavy atom. The topological polar surface area (TPSA) is 56.8 Å². The van der Waals surface area contributed by atoms with Crippen molar-refractivity contribution in [3.63, 3.8) is 0 Å². The van der Waals surface area contributed by atoms with Crippen LogP contribution in [0.25, 0.3) is 0 Å². The van der Waals surface area contributed by atoms with E-state index < -0.39 is 11.9 Å². The molecule has 26 heavy (non-hydrogen) atoms. The molecule has 0 fully saturated rings. The number of benzene rings is 2. The van der Waals surface area contributed by atoms with Crippen LogP contribution in [0.1, 0.15) is 31.9 Å². The molecule has 140 valence electrons.